The van der Waals surface area contributed by atoms with Crippen LogP contribution in [0, 0.1) is 10.8 Å². The Morgan fingerprint density at radius 1 is 0.588 bits per heavy atom. The van der Waals surface area contributed by atoms with Crippen molar-refractivity contribution in [2.45, 2.75) is 158 Å². The topological polar surface area (TPSA) is 55.4 Å². The van der Waals surface area contributed by atoms with Gasteiger partial charge in [0.05, 0.1) is 5.60 Å². The van der Waals surface area contributed by atoms with Crippen molar-refractivity contribution in [3.8, 4) is 0 Å². The Kier molecular flexibility index (Phi) is 17.5. The summed E-state index contributed by atoms with van der Waals surface area (Å²) in [5.74, 6) is 0.815. The lowest BCUT2D eigenvalue weighted by molar-refractivity contribution is -0.121. The molecule has 0 aromatic carbocycles. The lowest BCUT2D eigenvalue weighted by Gasteiger charge is -2.20. The number of nitrogens with one attached hydrogen (secondary N) is 1. The molecule has 0 radical (unpaired) electrons. The first-order chi connectivity index (χ1) is 15.2. The molecule has 0 saturated heterocycles. The molecule has 0 unspecified atom stereocenters. The zero-order valence-electron chi connectivity index (χ0n) is 25.2. The Balaban J connectivity index is 0. The minimum absolute atomic E-state index is 0.0396. The fourth-order valence-electron chi connectivity index (χ4n) is 3.43. The van der Waals surface area contributed by atoms with Gasteiger partial charge < -0.3 is 10.1 Å². The monoisotopic (exact) mass is 483 g/mol. The van der Waals surface area contributed by atoms with Gasteiger partial charge in [0.1, 0.15) is 11.6 Å². The molecule has 0 bridgehead atoms. The Bertz CT molecular complexity index is 489. The van der Waals surface area contributed by atoms with Crippen LogP contribution in [-0.4, -0.2) is 35.9 Å². The van der Waals surface area contributed by atoms with Crippen molar-refractivity contribution >= 4 is 11.6 Å². The number of hydrogen-bond acceptors (Lipinski definition) is 4. The van der Waals surface area contributed by atoms with Crippen molar-refractivity contribution in [2.24, 2.45) is 10.8 Å². The first-order valence-electron chi connectivity index (χ1n) is 13.6. The molecule has 0 spiro atoms. The Labute approximate surface area is 213 Å². The summed E-state index contributed by atoms with van der Waals surface area (Å²) < 4.78 is 5.63. The molecular formula is C30H61NO3. The molecule has 4 heteroatoms. The van der Waals surface area contributed by atoms with Crippen LogP contribution in [0.2, 0.25) is 0 Å². The summed E-state index contributed by atoms with van der Waals surface area (Å²) in [5, 5.41) is 3.46. The van der Waals surface area contributed by atoms with Gasteiger partial charge in [-0.05, 0) is 84.6 Å². The van der Waals surface area contributed by atoms with Gasteiger partial charge in [0, 0.05) is 37.8 Å². The Hall–Kier alpha value is -0.740. The largest absolute Gasteiger partial charge is 0.376 e. The van der Waals surface area contributed by atoms with E-state index in [0.29, 0.717) is 24.4 Å². The normalized spacial score (nSPS) is 12.8. The van der Waals surface area contributed by atoms with E-state index < -0.39 is 0 Å². The van der Waals surface area contributed by atoms with Crippen LogP contribution >= 0.6 is 0 Å². The van der Waals surface area contributed by atoms with Gasteiger partial charge >= 0.3 is 0 Å². The zero-order chi connectivity index (χ0) is 27.1. The maximum Gasteiger partial charge on any atom is 0.133 e. The van der Waals surface area contributed by atoms with Gasteiger partial charge in [-0.3, -0.25) is 9.59 Å². The van der Waals surface area contributed by atoms with Crippen molar-refractivity contribution in [3.63, 3.8) is 0 Å². The first kappa shape index (κ1) is 35.4. The highest BCUT2D eigenvalue weighted by Gasteiger charge is 2.16. The number of rotatable bonds is 14. The summed E-state index contributed by atoms with van der Waals surface area (Å²) in [5.41, 5.74) is 0.446. The highest BCUT2D eigenvalue weighted by atomic mass is 16.5. The smallest absolute Gasteiger partial charge is 0.133 e. The molecule has 0 aliphatic carbocycles. The van der Waals surface area contributed by atoms with Gasteiger partial charge in [0.25, 0.3) is 0 Å². The highest BCUT2D eigenvalue weighted by Crippen LogP contribution is 2.21. The number of Topliss-reactive ketones (excluding diaryl/α,β-unsaturated/α-hetero) is 2. The van der Waals surface area contributed by atoms with Gasteiger partial charge in [-0.2, -0.15) is 0 Å². The summed E-state index contributed by atoms with van der Waals surface area (Å²) in [6.07, 6.45) is 9.41. The summed E-state index contributed by atoms with van der Waals surface area (Å²) in [4.78, 5) is 23.3. The van der Waals surface area contributed by atoms with Crippen molar-refractivity contribution in [1.82, 2.24) is 5.32 Å². The third kappa shape index (κ3) is 33.4. The van der Waals surface area contributed by atoms with Crippen LogP contribution in [0.4, 0.5) is 0 Å². The van der Waals surface area contributed by atoms with E-state index in [2.05, 4.69) is 88.4 Å². The minimum Gasteiger partial charge on any atom is -0.376 e. The molecule has 0 fully saturated rings. The number of hydrogen-bond donors (Lipinski definition) is 1. The molecular weight excluding hydrogens is 422 g/mol. The molecule has 0 aromatic heterocycles. The zero-order valence-corrected chi connectivity index (χ0v) is 25.2. The molecule has 204 valence electrons. The third-order valence-corrected chi connectivity index (χ3v) is 4.88. The molecule has 0 aliphatic rings. The van der Waals surface area contributed by atoms with Gasteiger partial charge in [-0.25, -0.2) is 0 Å². The van der Waals surface area contributed by atoms with E-state index in [1.807, 2.05) is 0 Å². The molecule has 4 nitrogen and oxygen atoms in total. The molecule has 1 N–H and O–H groups in total. The maximum absolute atomic E-state index is 11.6. The van der Waals surface area contributed by atoms with Crippen LogP contribution in [-0.2, 0) is 14.3 Å². The minimum atomic E-state index is -0.0396. The Morgan fingerprint density at radius 2 is 1.00 bits per heavy atom. The number of ketones is 2. The number of unbranched alkanes of at least 4 members (excludes halogenated alkanes) is 4. The van der Waals surface area contributed by atoms with E-state index >= 15 is 0 Å². The standard InChI is InChI=1S/C15H31NO.C15H30O2/c1-14(2,3)12-13(17)10-8-7-9-11-16-15(4,5)6;1-14(2,3)12-13(16)10-8-7-9-11-17-15(4,5)6/h16H,7-12H2,1-6H3;7-12H2,1-6H3. The van der Waals surface area contributed by atoms with Crippen LogP contribution in [0.5, 0.6) is 0 Å². The van der Waals surface area contributed by atoms with E-state index in [-0.39, 0.29) is 22.0 Å². The van der Waals surface area contributed by atoms with Gasteiger partial charge in [-0.1, -0.05) is 54.4 Å². The van der Waals surface area contributed by atoms with E-state index in [0.717, 1.165) is 58.1 Å². The number of ether oxygens (including phenoxy) is 1. The fraction of sp³-hybridized carbons (Fsp3) is 0.933. The molecule has 0 atom stereocenters. The predicted molar refractivity (Wildman–Crippen MR) is 149 cm³/mol. The van der Waals surface area contributed by atoms with Crippen molar-refractivity contribution in [3.05, 3.63) is 0 Å². The summed E-state index contributed by atoms with van der Waals surface area (Å²) in [7, 11) is 0. The average Bonchev–Trinajstić information content (AvgIpc) is 2.56. The lowest BCUT2D eigenvalue weighted by atomic mass is 9.88. The fourth-order valence-corrected chi connectivity index (χ4v) is 3.43. The van der Waals surface area contributed by atoms with Crippen molar-refractivity contribution in [2.75, 3.05) is 13.2 Å². The molecule has 0 amide bonds. The third-order valence-electron chi connectivity index (χ3n) is 4.88. The second-order valence-corrected chi connectivity index (χ2v) is 14.3. The molecule has 0 rings (SSSR count). The van der Waals surface area contributed by atoms with Crippen LogP contribution < -0.4 is 5.32 Å². The number of carbonyl (C=O) groups excluding carboxylic acids is 2. The Morgan fingerprint density at radius 3 is 1.35 bits per heavy atom. The highest BCUT2D eigenvalue weighted by molar-refractivity contribution is 5.79. The predicted octanol–water partition coefficient (Wildman–Crippen LogP) is 8.31. The SMILES string of the molecule is CC(C)(C)CC(=O)CCCCCNC(C)(C)C.CC(C)(C)CC(=O)CCCCCOC(C)(C)C. The van der Waals surface area contributed by atoms with E-state index in [9.17, 15) is 9.59 Å². The van der Waals surface area contributed by atoms with Crippen LogP contribution in [0.3, 0.4) is 0 Å². The molecule has 0 aliphatic heterocycles. The maximum atomic E-state index is 11.6. The quantitative estimate of drug-likeness (QED) is 0.252. The summed E-state index contributed by atoms with van der Waals surface area (Å²) >= 11 is 0. The molecule has 0 aromatic rings. The van der Waals surface area contributed by atoms with E-state index in [1.54, 1.807) is 0 Å². The average molecular weight is 484 g/mol. The van der Waals surface area contributed by atoms with E-state index in [4.69, 9.17) is 4.74 Å². The van der Waals surface area contributed by atoms with Crippen molar-refractivity contribution in [1.29, 1.82) is 0 Å². The second-order valence-electron chi connectivity index (χ2n) is 14.3. The second kappa shape index (κ2) is 16.8. The van der Waals surface area contributed by atoms with E-state index in [1.165, 1.54) is 6.42 Å². The van der Waals surface area contributed by atoms with Crippen LogP contribution in [0.25, 0.3) is 0 Å². The lowest BCUT2D eigenvalue weighted by Crippen LogP contribution is -2.36. The molecule has 34 heavy (non-hydrogen) atoms. The summed E-state index contributed by atoms with van der Waals surface area (Å²) in [6.45, 7) is 27.3. The summed E-state index contributed by atoms with van der Waals surface area (Å²) in [6, 6.07) is 0. The van der Waals surface area contributed by atoms with Crippen molar-refractivity contribution < 1.29 is 14.3 Å². The molecule has 0 saturated carbocycles. The van der Waals surface area contributed by atoms with Gasteiger partial charge in [-0.15, -0.1) is 0 Å². The molecule has 0 heterocycles. The van der Waals surface area contributed by atoms with Crippen LogP contribution in [0.1, 0.15) is 147 Å². The van der Waals surface area contributed by atoms with Gasteiger partial charge in [0.2, 0.25) is 0 Å². The number of carbonyl (C=O) groups is 2. The van der Waals surface area contributed by atoms with Crippen LogP contribution in [0.15, 0.2) is 0 Å². The van der Waals surface area contributed by atoms with Gasteiger partial charge in [0.15, 0.2) is 0 Å². The first-order valence-corrected chi connectivity index (χ1v) is 13.6.